The molecule has 1 saturated heterocycles. The Hall–Kier alpha value is -1.59. The average Bonchev–Trinajstić information content (AvgIpc) is 3.33. The lowest BCUT2D eigenvalue weighted by Gasteiger charge is -2.40. The summed E-state index contributed by atoms with van der Waals surface area (Å²) in [7, 11) is 0. The number of amides is 1. The lowest BCUT2D eigenvalue weighted by atomic mass is 9.99. The average molecular weight is 949 g/mol. The molecular weight excluding hydrogens is 839 g/mol. The van der Waals surface area contributed by atoms with E-state index >= 15 is 0 Å². The SMILES string of the molecule is CC/C=C\C/C=C\C/C=C\CCCCCCCC(=O)NC(COC1OC(CO)C(O)C(O)C1O)C(O)CCCCCCCCCCCCCCCCCCCCCCCCCCCCCCC. The molecule has 0 aromatic heterocycles. The minimum atomic E-state index is -1.56. The molecule has 0 radical (unpaired) electrons. The largest absolute Gasteiger partial charge is 0.394 e. The number of hydrogen-bond donors (Lipinski definition) is 6. The van der Waals surface area contributed by atoms with Crippen LogP contribution in [0.1, 0.15) is 271 Å². The maximum Gasteiger partial charge on any atom is 0.220 e. The van der Waals surface area contributed by atoms with Crippen molar-refractivity contribution in [2.45, 2.75) is 314 Å². The zero-order valence-electron chi connectivity index (χ0n) is 43.7. The molecular formula is C58H109NO8. The van der Waals surface area contributed by atoms with E-state index in [1.165, 1.54) is 167 Å². The normalized spacial score (nSPS) is 19.9. The summed E-state index contributed by atoms with van der Waals surface area (Å²) in [6.07, 6.45) is 54.7. The van der Waals surface area contributed by atoms with Crippen LogP contribution in [0.25, 0.3) is 0 Å². The first-order chi connectivity index (χ1) is 32.8. The highest BCUT2D eigenvalue weighted by molar-refractivity contribution is 5.76. The Kier molecular flexibility index (Phi) is 45.5. The Morgan fingerprint density at radius 2 is 0.925 bits per heavy atom. The highest BCUT2D eigenvalue weighted by Crippen LogP contribution is 2.23. The molecule has 67 heavy (non-hydrogen) atoms. The predicted molar refractivity (Wildman–Crippen MR) is 281 cm³/mol. The molecule has 1 rings (SSSR count). The Labute approximate surface area is 412 Å². The van der Waals surface area contributed by atoms with Crippen molar-refractivity contribution in [1.29, 1.82) is 0 Å². The van der Waals surface area contributed by atoms with E-state index in [9.17, 15) is 30.3 Å². The molecule has 0 bridgehead atoms. The number of hydrogen-bond acceptors (Lipinski definition) is 8. The summed E-state index contributed by atoms with van der Waals surface area (Å²) < 4.78 is 11.3. The fourth-order valence-electron chi connectivity index (χ4n) is 9.24. The number of unbranched alkanes of at least 4 members (excludes halogenated alkanes) is 33. The summed E-state index contributed by atoms with van der Waals surface area (Å²) in [6, 6.07) is -0.729. The van der Waals surface area contributed by atoms with Crippen molar-refractivity contribution < 1.29 is 39.8 Å². The second kappa shape index (κ2) is 48.1. The number of carbonyl (C=O) groups is 1. The monoisotopic (exact) mass is 948 g/mol. The number of ether oxygens (including phenoxy) is 2. The number of carbonyl (C=O) groups excluding carboxylic acids is 1. The van der Waals surface area contributed by atoms with E-state index in [1.807, 2.05) is 0 Å². The minimum Gasteiger partial charge on any atom is -0.394 e. The van der Waals surface area contributed by atoms with E-state index in [4.69, 9.17) is 9.47 Å². The van der Waals surface area contributed by atoms with Crippen LogP contribution in [0, 0.1) is 0 Å². The van der Waals surface area contributed by atoms with E-state index in [2.05, 4.69) is 55.6 Å². The van der Waals surface area contributed by atoms with Gasteiger partial charge in [0.2, 0.25) is 5.91 Å². The van der Waals surface area contributed by atoms with Gasteiger partial charge in [-0.2, -0.15) is 0 Å². The van der Waals surface area contributed by atoms with E-state index < -0.39 is 49.5 Å². The molecule has 1 amide bonds. The van der Waals surface area contributed by atoms with Gasteiger partial charge in [0, 0.05) is 6.42 Å². The maximum atomic E-state index is 13.0. The predicted octanol–water partition coefficient (Wildman–Crippen LogP) is 14.0. The van der Waals surface area contributed by atoms with E-state index in [1.54, 1.807) is 0 Å². The number of rotatable bonds is 49. The standard InChI is InChI=1S/C58H109NO8/c1-3-5-7-9-11-13-15-17-19-20-21-22-23-24-25-26-27-28-29-30-31-32-34-35-37-39-41-43-45-47-52(61)51(50-66-58-57(65)56(64)55(63)53(49-60)67-58)59-54(62)48-46-44-42-40-38-36-33-18-16-14-12-10-8-6-4-2/h6,8,12,14,18,33,51-53,55-58,60-61,63-65H,3-5,7,9-11,13,15-17,19-32,34-50H2,1-2H3,(H,59,62)/b8-6-,14-12-,33-18-. The van der Waals surface area contributed by atoms with Gasteiger partial charge in [-0.25, -0.2) is 0 Å². The topological polar surface area (TPSA) is 149 Å². The van der Waals surface area contributed by atoms with Crippen molar-refractivity contribution >= 4 is 5.91 Å². The maximum absolute atomic E-state index is 13.0. The molecule has 7 unspecified atom stereocenters. The van der Waals surface area contributed by atoms with Crippen LogP contribution in [0.3, 0.4) is 0 Å². The van der Waals surface area contributed by atoms with Crippen LogP contribution in [0.5, 0.6) is 0 Å². The fourth-order valence-corrected chi connectivity index (χ4v) is 9.24. The zero-order valence-corrected chi connectivity index (χ0v) is 43.7. The van der Waals surface area contributed by atoms with E-state index in [0.717, 1.165) is 77.0 Å². The van der Waals surface area contributed by atoms with Crippen LogP contribution in [-0.4, -0.2) is 87.5 Å². The molecule has 0 aromatic rings. The van der Waals surface area contributed by atoms with E-state index in [0.29, 0.717) is 12.8 Å². The molecule has 0 aliphatic carbocycles. The summed E-state index contributed by atoms with van der Waals surface area (Å²) in [4.78, 5) is 13.0. The van der Waals surface area contributed by atoms with Gasteiger partial charge in [-0.05, 0) is 44.9 Å². The summed E-state index contributed by atoms with van der Waals surface area (Å²) in [5.41, 5.74) is 0. The molecule has 1 aliphatic rings. The van der Waals surface area contributed by atoms with Gasteiger partial charge in [-0.15, -0.1) is 0 Å². The number of nitrogens with one attached hydrogen (secondary N) is 1. The van der Waals surface area contributed by atoms with Crippen LogP contribution >= 0.6 is 0 Å². The van der Waals surface area contributed by atoms with Gasteiger partial charge in [0.15, 0.2) is 6.29 Å². The summed E-state index contributed by atoms with van der Waals surface area (Å²) in [5, 5.41) is 54.6. The molecule has 9 heteroatoms. The summed E-state index contributed by atoms with van der Waals surface area (Å²) >= 11 is 0. The van der Waals surface area contributed by atoms with Gasteiger partial charge < -0.3 is 40.3 Å². The fraction of sp³-hybridized carbons (Fsp3) is 0.879. The van der Waals surface area contributed by atoms with Crippen molar-refractivity contribution in [3.8, 4) is 0 Å². The molecule has 0 saturated carbocycles. The number of aliphatic hydroxyl groups is 5. The lowest BCUT2D eigenvalue weighted by molar-refractivity contribution is -0.302. The Balaban J connectivity index is 2.16. The third kappa shape index (κ3) is 37.9. The first-order valence-electron chi connectivity index (χ1n) is 28.7. The lowest BCUT2D eigenvalue weighted by Crippen LogP contribution is -2.60. The van der Waals surface area contributed by atoms with Gasteiger partial charge in [-0.1, -0.05) is 256 Å². The molecule has 394 valence electrons. The van der Waals surface area contributed by atoms with Crippen molar-refractivity contribution in [3.63, 3.8) is 0 Å². The van der Waals surface area contributed by atoms with Crippen molar-refractivity contribution in [1.82, 2.24) is 5.32 Å². The molecule has 0 aromatic carbocycles. The Morgan fingerprint density at radius 3 is 1.37 bits per heavy atom. The third-order valence-corrected chi connectivity index (χ3v) is 13.8. The molecule has 1 fully saturated rings. The smallest absolute Gasteiger partial charge is 0.220 e. The van der Waals surface area contributed by atoms with Crippen LogP contribution in [0.15, 0.2) is 36.5 Å². The second-order valence-electron chi connectivity index (χ2n) is 20.1. The quantitative estimate of drug-likeness (QED) is 0.0261. The highest BCUT2D eigenvalue weighted by atomic mass is 16.7. The van der Waals surface area contributed by atoms with Gasteiger partial charge in [0.05, 0.1) is 25.4 Å². The number of aliphatic hydroxyl groups excluding tert-OH is 5. The van der Waals surface area contributed by atoms with Crippen molar-refractivity contribution in [2.24, 2.45) is 0 Å². The van der Waals surface area contributed by atoms with Crippen LogP contribution in [0.4, 0.5) is 0 Å². The first kappa shape index (κ1) is 63.4. The molecule has 9 nitrogen and oxygen atoms in total. The van der Waals surface area contributed by atoms with Gasteiger partial charge in [0.1, 0.15) is 24.4 Å². The summed E-state index contributed by atoms with van der Waals surface area (Å²) in [5.74, 6) is -0.159. The van der Waals surface area contributed by atoms with Crippen molar-refractivity contribution in [3.05, 3.63) is 36.5 Å². The molecule has 6 N–H and O–H groups in total. The van der Waals surface area contributed by atoms with Crippen LogP contribution in [-0.2, 0) is 14.3 Å². The van der Waals surface area contributed by atoms with Gasteiger partial charge >= 0.3 is 0 Å². The summed E-state index contributed by atoms with van der Waals surface area (Å²) in [6.45, 7) is 3.74. The van der Waals surface area contributed by atoms with Crippen LogP contribution < -0.4 is 5.32 Å². The van der Waals surface area contributed by atoms with Crippen molar-refractivity contribution in [2.75, 3.05) is 13.2 Å². The van der Waals surface area contributed by atoms with Gasteiger partial charge in [0.25, 0.3) is 0 Å². The Morgan fingerprint density at radius 1 is 0.522 bits per heavy atom. The molecule has 1 aliphatic heterocycles. The highest BCUT2D eigenvalue weighted by Gasteiger charge is 2.44. The second-order valence-corrected chi connectivity index (χ2v) is 20.1. The number of allylic oxidation sites excluding steroid dienone is 6. The molecule has 7 atom stereocenters. The first-order valence-corrected chi connectivity index (χ1v) is 28.7. The van der Waals surface area contributed by atoms with Crippen LogP contribution in [0.2, 0.25) is 0 Å². The minimum absolute atomic E-state index is 0.144. The van der Waals surface area contributed by atoms with Gasteiger partial charge in [-0.3, -0.25) is 4.79 Å². The zero-order chi connectivity index (χ0) is 48.7. The molecule has 1 heterocycles. The third-order valence-electron chi connectivity index (χ3n) is 13.8. The molecule has 0 spiro atoms. The Bertz CT molecular complexity index is 1150. The van der Waals surface area contributed by atoms with E-state index in [-0.39, 0.29) is 12.5 Å².